The van der Waals surface area contributed by atoms with Crippen LogP contribution in [-0.2, 0) is 20.9 Å². The Morgan fingerprint density at radius 2 is 1.64 bits per heavy atom. The van der Waals surface area contributed by atoms with Crippen LogP contribution in [0, 0.1) is 5.92 Å². The average molecular weight is 406 g/mol. The fourth-order valence-corrected chi connectivity index (χ4v) is 5.89. The number of sulfonamides is 1. The molecule has 0 heterocycles. The lowest BCUT2D eigenvalue weighted by Gasteiger charge is -2.42. The molecule has 0 radical (unpaired) electrons. The van der Waals surface area contributed by atoms with Gasteiger partial charge in [0.05, 0.1) is 5.75 Å². The molecule has 1 aromatic rings. The van der Waals surface area contributed by atoms with Gasteiger partial charge in [-0.2, -0.15) is 0 Å². The van der Waals surface area contributed by atoms with Crippen molar-refractivity contribution in [3.63, 3.8) is 0 Å². The number of hydrogen-bond donors (Lipinski definition) is 1. The van der Waals surface area contributed by atoms with Gasteiger partial charge in [-0.05, 0) is 65.7 Å². The van der Waals surface area contributed by atoms with Crippen LogP contribution in [0.15, 0.2) is 18.2 Å². The summed E-state index contributed by atoms with van der Waals surface area (Å²) in [7, 11) is -3.59. The zero-order valence-corrected chi connectivity index (χ0v) is 18.6. The molecule has 5 heteroatoms. The van der Waals surface area contributed by atoms with E-state index in [1.165, 1.54) is 31.2 Å². The first-order valence-corrected chi connectivity index (χ1v) is 12.4. The van der Waals surface area contributed by atoms with Crippen molar-refractivity contribution in [2.75, 3.05) is 5.75 Å². The molecular weight excluding hydrogens is 370 g/mol. The maximum atomic E-state index is 12.6. The smallest absolute Gasteiger partial charge is 0.264 e. The third kappa shape index (κ3) is 4.79. The Kier molecular flexibility index (Phi) is 5.96. The maximum Gasteiger partial charge on any atom is 0.264 e. The molecule has 0 spiro atoms. The van der Waals surface area contributed by atoms with Crippen LogP contribution in [0.4, 0.5) is 0 Å². The van der Waals surface area contributed by atoms with E-state index in [9.17, 15) is 13.2 Å². The number of hydrogen-bond acceptors (Lipinski definition) is 3. The maximum absolute atomic E-state index is 12.6. The van der Waals surface area contributed by atoms with Crippen LogP contribution in [0.3, 0.4) is 0 Å². The third-order valence-corrected chi connectivity index (χ3v) is 8.19. The lowest BCUT2D eigenvalue weighted by molar-refractivity contribution is 0.0981. The molecule has 0 atom stereocenters. The van der Waals surface area contributed by atoms with Crippen LogP contribution in [0.5, 0.6) is 0 Å². The number of amides is 1. The summed E-state index contributed by atoms with van der Waals surface area (Å²) in [5.41, 5.74) is 2.92. The largest absolute Gasteiger partial charge is 0.268 e. The van der Waals surface area contributed by atoms with Gasteiger partial charge >= 0.3 is 0 Å². The quantitative estimate of drug-likeness (QED) is 0.719. The van der Waals surface area contributed by atoms with Crippen LogP contribution in [0.25, 0.3) is 0 Å². The van der Waals surface area contributed by atoms with Crippen molar-refractivity contribution in [1.82, 2.24) is 4.72 Å². The van der Waals surface area contributed by atoms with Crippen molar-refractivity contribution in [2.24, 2.45) is 5.92 Å². The molecule has 156 valence electrons. The molecule has 1 saturated carbocycles. The predicted molar refractivity (Wildman–Crippen MR) is 114 cm³/mol. The van der Waals surface area contributed by atoms with Gasteiger partial charge in [0.15, 0.2) is 0 Å². The minimum Gasteiger partial charge on any atom is -0.268 e. The monoisotopic (exact) mass is 405 g/mol. The van der Waals surface area contributed by atoms with Crippen LogP contribution in [-0.4, -0.2) is 20.1 Å². The highest BCUT2D eigenvalue weighted by molar-refractivity contribution is 7.90. The molecule has 0 saturated heterocycles. The van der Waals surface area contributed by atoms with Gasteiger partial charge in [0.2, 0.25) is 10.0 Å². The van der Waals surface area contributed by atoms with Crippen LogP contribution >= 0.6 is 0 Å². The van der Waals surface area contributed by atoms with E-state index >= 15 is 0 Å². The predicted octanol–water partition coefficient (Wildman–Crippen LogP) is 5.07. The molecule has 0 aromatic heterocycles. The molecule has 1 amide bonds. The molecule has 28 heavy (non-hydrogen) atoms. The van der Waals surface area contributed by atoms with E-state index in [0.717, 1.165) is 24.8 Å². The number of carbonyl (C=O) groups excluding carboxylic acids is 1. The molecule has 3 rings (SSSR count). The normalized spacial score (nSPS) is 21.3. The molecule has 1 aromatic carbocycles. The second kappa shape index (κ2) is 7.81. The summed E-state index contributed by atoms with van der Waals surface area (Å²) in [5, 5.41) is 0. The van der Waals surface area contributed by atoms with E-state index in [1.807, 2.05) is 12.1 Å². The van der Waals surface area contributed by atoms with Gasteiger partial charge in [-0.3, -0.25) is 4.79 Å². The Balaban J connectivity index is 1.68. The summed E-state index contributed by atoms with van der Waals surface area (Å²) in [6.07, 6.45) is 8.68. The SMILES string of the molecule is CC1(C)CCC(C)(C)c2cc(C(=O)NS(=O)(=O)CCCC3CCCC3)ccc21. The number of rotatable bonds is 6. The van der Waals surface area contributed by atoms with Gasteiger partial charge in [0.1, 0.15) is 0 Å². The van der Waals surface area contributed by atoms with Gasteiger partial charge in [-0.25, -0.2) is 13.1 Å². The minimum atomic E-state index is -3.59. The lowest BCUT2D eigenvalue weighted by Crippen LogP contribution is -2.35. The molecular formula is C23H35NO3S. The van der Waals surface area contributed by atoms with E-state index in [4.69, 9.17) is 0 Å². The zero-order chi connectivity index (χ0) is 20.6. The fourth-order valence-electron chi connectivity index (χ4n) is 4.84. The molecule has 2 aliphatic carbocycles. The van der Waals surface area contributed by atoms with E-state index in [2.05, 4.69) is 32.4 Å². The first kappa shape index (κ1) is 21.4. The van der Waals surface area contributed by atoms with Crippen molar-refractivity contribution < 1.29 is 13.2 Å². The Labute approximate surface area is 170 Å². The van der Waals surface area contributed by atoms with Crippen LogP contribution in [0.2, 0.25) is 0 Å². The molecule has 0 bridgehead atoms. The number of benzene rings is 1. The van der Waals surface area contributed by atoms with Gasteiger partial charge in [-0.15, -0.1) is 0 Å². The Morgan fingerprint density at radius 1 is 1.04 bits per heavy atom. The number of fused-ring (bicyclic) bond motifs is 1. The summed E-state index contributed by atoms with van der Waals surface area (Å²) >= 11 is 0. The van der Waals surface area contributed by atoms with Crippen LogP contribution < -0.4 is 4.72 Å². The van der Waals surface area contributed by atoms with Gasteiger partial charge in [0.25, 0.3) is 5.91 Å². The summed E-state index contributed by atoms with van der Waals surface area (Å²) < 4.78 is 27.0. The van der Waals surface area contributed by atoms with E-state index in [0.29, 0.717) is 17.9 Å². The number of nitrogens with one attached hydrogen (secondary N) is 1. The summed E-state index contributed by atoms with van der Waals surface area (Å²) in [4.78, 5) is 12.6. The highest BCUT2D eigenvalue weighted by Crippen LogP contribution is 2.45. The average Bonchev–Trinajstić information content (AvgIpc) is 3.11. The molecule has 0 unspecified atom stereocenters. The van der Waals surface area contributed by atoms with Crippen molar-refractivity contribution in [2.45, 2.75) is 89.9 Å². The van der Waals surface area contributed by atoms with E-state index in [-0.39, 0.29) is 16.6 Å². The summed E-state index contributed by atoms with van der Waals surface area (Å²) in [5.74, 6) is 0.179. The van der Waals surface area contributed by atoms with Gasteiger partial charge in [0, 0.05) is 5.56 Å². The first-order chi connectivity index (χ1) is 13.0. The van der Waals surface area contributed by atoms with E-state index in [1.54, 1.807) is 6.07 Å². The van der Waals surface area contributed by atoms with Gasteiger partial charge in [-0.1, -0.05) is 59.4 Å². The standard InChI is InChI=1S/C23H35NO3S/c1-22(2)13-14-23(3,4)20-16-18(11-12-19(20)22)21(25)24-28(26,27)15-7-10-17-8-5-6-9-17/h11-12,16-17H,5-10,13-15H2,1-4H3,(H,24,25). The highest BCUT2D eigenvalue weighted by atomic mass is 32.2. The Morgan fingerprint density at radius 3 is 2.29 bits per heavy atom. The third-order valence-electron chi connectivity index (χ3n) is 6.86. The number of carbonyl (C=O) groups is 1. The zero-order valence-electron chi connectivity index (χ0n) is 17.8. The van der Waals surface area contributed by atoms with Gasteiger partial charge < -0.3 is 0 Å². The first-order valence-electron chi connectivity index (χ1n) is 10.7. The molecule has 4 nitrogen and oxygen atoms in total. The molecule has 0 aliphatic heterocycles. The van der Waals surface area contributed by atoms with E-state index < -0.39 is 15.9 Å². The Hall–Kier alpha value is -1.36. The topological polar surface area (TPSA) is 63.2 Å². The van der Waals surface area contributed by atoms with Crippen molar-refractivity contribution in [3.05, 3.63) is 34.9 Å². The Bertz CT molecular complexity index is 833. The molecule has 2 aliphatic rings. The second-order valence-corrected chi connectivity index (χ2v) is 11.9. The van der Waals surface area contributed by atoms with Crippen molar-refractivity contribution in [3.8, 4) is 0 Å². The summed E-state index contributed by atoms with van der Waals surface area (Å²) in [6.45, 7) is 8.86. The molecule has 1 N–H and O–H groups in total. The van der Waals surface area contributed by atoms with Crippen molar-refractivity contribution >= 4 is 15.9 Å². The van der Waals surface area contributed by atoms with Crippen LogP contribution in [0.1, 0.15) is 101 Å². The second-order valence-electron chi connectivity index (χ2n) is 10.1. The van der Waals surface area contributed by atoms with Crippen molar-refractivity contribution in [1.29, 1.82) is 0 Å². The fraction of sp³-hybridized carbons (Fsp3) is 0.696. The molecule has 1 fully saturated rings. The highest BCUT2D eigenvalue weighted by Gasteiger charge is 2.37. The summed E-state index contributed by atoms with van der Waals surface area (Å²) in [6, 6.07) is 5.68. The lowest BCUT2D eigenvalue weighted by atomic mass is 9.63. The minimum absolute atomic E-state index is 0.0126.